The Morgan fingerprint density at radius 2 is 1.69 bits per heavy atom. The zero-order chi connectivity index (χ0) is 41.5. The second-order valence-electron chi connectivity index (χ2n) is 17.7. The quantitative estimate of drug-likeness (QED) is 0.0472. The Labute approximate surface area is 347 Å². The fourth-order valence-corrected chi connectivity index (χ4v) is 12.0. The molecule has 1 saturated carbocycles. The van der Waals surface area contributed by atoms with Gasteiger partial charge in [0.25, 0.3) is 10.1 Å². The molecule has 0 amide bonds. The van der Waals surface area contributed by atoms with Crippen molar-refractivity contribution in [2.75, 3.05) is 6.61 Å². The van der Waals surface area contributed by atoms with Crippen molar-refractivity contribution in [1.82, 2.24) is 0 Å². The maximum Gasteiger partial charge on any atom is 0.268 e. The van der Waals surface area contributed by atoms with Gasteiger partial charge in [-0.25, -0.2) is 4.99 Å². The number of hydrogen-bond donors (Lipinski definition) is 6. The molecule has 8 N–H and O–H groups in total. The predicted octanol–water partition coefficient (Wildman–Crippen LogP) is 7.07. The number of nitrogens with zero attached hydrogens (tertiary/aromatic N) is 1. The minimum absolute atomic E-state index is 0.0614. The molecule has 0 unspecified atom stereocenters. The van der Waals surface area contributed by atoms with E-state index in [0.29, 0.717) is 74.7 Å². The van der Waals surface area contributed by atoms with Crippen molar-refractivity contribution in [2.24, 2.45) is 34.2 Å². The van der Waals surface area contributed by atoms with Gasteiger partial charge in [0, 0.05) is 42.1 Å². The van der Waals surface area contributed by atoms with E-state index in [4.69, 9.17) is 25.9 Å². The lowest BCUT2D eigenvalue weighted by molar-refractivity contribution is -0.0131. The molecule has 3 aromatic carbocycles. The first-order valence-electron chi connectivity index (χ1n) is 21.2. The molecule has 0 radical (unpaired) electrons. The largest absolute Gasteiger partial charge is 0.508 e. The number of rotatable bonds is 7. The van der Waals surface area contributed by atoms with Crippen LogP contribution in [0.5, 0.6) is 11.5 Å². The molecule has 11 nitrogen and oxygen atoms in total. The van der Waals surface area contributed by atoms with Crippen molar-refractivity contribution in [1.29, 1.82) is 0 Å². The lowest BCUT2D eigenvalue weighted by Crippen LogP contribution is -2.39. The van der Waals surface area contributed by atoms with Gasteiger partial charge < -0.3 is 36.3 Å². The highest BCUT2D eigenvalue weighted by Gasteiger charge is 2.48. The van der Waals surface area contributed by atoms with Crippen molar-refractivity contribution in [3.05, 3.63) is 106 Å². The molecule has 12 heteroatoms. The van der Waals surface area contributed by atoms with E-state index in [0.717, 1.165) is 35.1 Å². The zero-order valence-corrected chi connectivity index (χ0v) is 34.5. The predicted molar refractivity (Wildman–Crippen MR) is 226 cm³/mol. The Morgan fingerprint density at radius 3 is 2.37 bits per heavy atom. The molecule has 59 heavy (non-hydrogen) atoms. The van der Waals surface area contributed by atoms with Gasteiger partial charge in [-0.05, 0) is 116 Å². The number of hydrogen-bond acceptors (Lipinski definition) is 8. The number of phenols is 1. The summed E-state index contributed by atoms with van der Waals surface area (Å²) < 4.78 is 53.0. The van der Waals surface area contributed by atoms with Crippen LogP contribution in [0.1, 0.15) is 130 Å². The van der Waals surface area contributed by atoms with Crippen LogP contribution in [0.15, 0.2) is 83.4 Å². The lowest BCUT2D eigenvalue weighted by Gasteiger charge is -2.41. The molecular formula is C47H57N3O8S. The van der Waals surface area contributed by atoms with Crippen LogP contribution in [0.25, 0.3) is 0 Å². The number of guanidine groups is 1. The van der Waals surface area contributed by atoms with Crippen LogP contribution in [0.4, 0.5) is 0 Å². The molecule has 6 aliphatic heterocycles. The third kappa shape index (κ3) is 8.64. The Hall–Kier alpha value is -4.38. The lowest BCUT2D eigenvalue weighted by atomic mass is 9.65. The number of aliphatic hydroxyl groups is 2. The molecule has 314 valence electrons. The van der Waals surface area contributed by atoms with Crippen LogP contribution in [0.2, 0.25) is 0 Å². The first-order chi connectivity index (χ1) is 28.3. The number of allylic oxidation sites excluding steroid dienone is 1. The third-order valence-electron chi connectivity index (χ3n) is 13.8. The monoisotopic (exact) mass is 823 g/mol. The smallest absolute Gasteiger partial charge is 0.268 e. The molecule has 0 aromatic heterocycles. The van der Waals surface area contributed by atoms with E-state index in [2.05, 4.69) is 11.8 Å². The van der Waals surface area contributed by atoms with E-state index in [-0.39, 0.29) is 54.5 Å². The van der Waals surface area contributed by atoms with E-state index < -0.39 is 38.7 Å². The number of phenolic OH excluding ortho intramolecular Hbond substituents is 1. The zero-order valence-electron chi connectivity index (χ0n) is 33.7. The van der Waals surface area contributed by atoms with Gasteiger partial charge in [0.05, 0.1) is 17.0 Å². The summed E-state index contributed by atoms with van der Waals surface area (Å²) in [6.07, 6.45) is 8.21. The molecule has 2 fully saturated rings. The summed E-state index contributed by atoms with van der Waals surface area (Å²) in [6.45, 7) is 1.96. The summed E-state index contributed by atoms with van der Waals surface area (Å²) in [4.78, 5) is 4.78. The molecule has 1 saturated heterocycles. The molecule has 8 aliphatic rings. The number of aromatic hydroxyl groups is 1. The van der Waals surface area contributed by atoms with Crippen LogP contribution in [-0.4, -0.2) is 57.8 Å². The second kappa shape index (κ2) is 16.6. The van der Waals surface area contributed by atoms with Gasteiger partial charge in [0.15, 0.2) is 5.96 Å². The van der Waals surface area contributed by atoms with E-state index in [1.807, 2.05) is 67.6 Å². The highest BCUT2D eigenvalue weighted by molar-refractivity contribution is 7.86. The maximum atomic E-state index is 13.9. The minimum atomic E-state index is -4.61. The van der Waals surface area contributed by atoms with Crippen LogP contribution in [0, 0.1) is 29.6 Å². The van der Waals surface area contributed by atoms with Crippen LogP contribution >= 0.6 is 0 Å². The Morgan fingerprint density at radius 1 is 0.966 bits per heavy atom. The molecule has 0 spiro atoms. The molecule has 6 heterocycles. The van der Waals surface area contributed by atoms with Crippen molar-refractivity contribution in [2.45, 2.75) is 125 Å². The van der Waals surface area contributed by atoms with Crippen LogP contribution in [0.3, 0.4) is 0 Å². The Kier molecular flexibility index (Phi) is 11.6. The fraction of sp³-hybridized carbons (Fsp3) is 0.511. The molecule has 2 aliphatic carbocycles. The Bertz CT molecular complexity index is 2240. The normalized spacial score (nSPS) is 31.1. The van der Waals surface area contributed by atoms with Gasteiger partial charge in [0.2, 0.25) is 5.72 Å². The highest BCUT2D eigenvalue weighted by atomic mass is 32.2. The van der Waals surface area contributed by atoms with Gasteiger partial charge >= 0.3 is 0 Å². The van der Waals surface area contributed by atoms with Gasteiger partial charge in [0.1, 0.15) is 17.6 Å². The van der Waals surface area contributed by atoms with Crippen molar-refractivity contribution < 1.29 is 37.8 Å². The van der Waals surface area contributed by atoms with E-state index in [1.54, 1.807) is 12.1 Å². The van der Waals surface area contributed by atoms with Gasteiger partial charge in [-0.1, -0.05) is 80.1 Å². The highest BCUT2D eigenvalue weighted by Crippen LogP contribution is 2.54. The topological polar surface area (TPSA) is 198 Å². The molecular weight excluding hydrogens is 767 g/mol. The number of aliphatic hydroxyl groups excluding tert-OH is 1. The third-order valence-corrected chi connectivity index (χ3v) is 15.1. The average Bonchev–Trinajstić information content (AvgIpc) is 3.59. The van der Waals surface area contributed by atoms with Gasteiger partial charge in [-0.2, -0.15) is 8.42 Å². The first kappa shape index (κ1) is 41.4. The summed E-state index contributed by atoms with van der Waals surface area (Å²) >= 11 is 0. The van der Waals surface area contributed by atoms with E-state index in [1.165, 1.54) is 0 Å². The molecule has 8 bridgehead atoms. The van der Waals surface area contributed by atoms with Crippen molar-refractivity contribution in [3.63, 3.8) is 0 Å². The summed E-state index contributed by atoms with van der Waals surface area (Å²) in [5.74, 6) is 5.45. The molecule has 9 atom stereocenters. The van der Waals surface area contributed by atoms with Crippen LogP contribution in [-0.2, 0) is 20.6 Å². The Balaban J connectivity index is 1.32. The summed E-state index contributed by atoms with van der Waals surface area (Å²) in [5.41, 5.74) is 14.9. The first-order valence-corrected chi connectivity index (χ1v) is 22.7. The standard InChI is InChI=1S/C47H57N3O8S/c1-2-30-27-42(59(54,55)56)41-26-35-23-34(25-39-22-29(28-51)6-5-7-33-24-37(52)14-17-40(33)44(35)57-39)43(41)32-8-12-36(13-9-32)47(50-45(48)49,21-20-46(53)18-3-4-19-46)58-38-15-10-31(30)11-16-38/h8-17,24,26,29-30,34,39,41-44,51-53H,2-4,6,18-23,25,27-28H2,1H3,(H4,48,49,50)(H,54,55,56)/t29-,30-,34+,39+,41+,42-,43+,44-,47-/m1/s1. The number of ether oxygens (including phenoxy) is 2. The van der Waals surface area contributed by atoms with E-state index in [9.17, 15) is 28.3 Å². The van der Waals surface area contributed by atoms with Crippen molar-refractivity contribution in [3.8, 4) is 23.3 Å². The average molecular weight is 824 g/mol. The van der Waals surface area contributed by atoms with E-state index >= 15 is 0 Å². The molecule has 11 rings (SSSR count). The summed E-state index contributed by atoms with van der Waals surface area (Å²) in [6, 6.07) is 20.6. The molecule has 3 aromatic rings. The second-order valence-corrected chi connectivity index (χ2v) is 19.3. The van der Waals surface area contributed by atoms with Crippen molar-refractivity contribution >= 4 is 16.1 Å². The number of aliphatic imine (C=N–C) groups is 1. The number of nitrogens with two attached hydrogens (primary N) is 2. The number of benzene rings is 3. The maximum absolute atomic E-state index is 13.9. The summed E-state index contributed by atoms with van der Waals surface area (Å²) in [5, 5.41) is 31.3. The number of fused-ring (bicyclic) bond motifs is 7. The fourth-order valence-electron chi connectivity index (χ4n) is 10.8. The van der Waals surface area contributed by atoms with Crippen LogP contribution < -0.4 is 16.2 Å². The summed E-state index contributed by atoms with van der Waals surface area (Å²) in [7, 11) is -4.61. The van der Waals surface area contributed by atoms with Gasteiger partial charge in [-0.3, -0.25) is 4.55 Å². The SMILES string of the molecule is CC[C@@H]1C[C@@H](S(=O)(=O)O)[C@@H]2C=C3C[C@@H](C[C@@H]4C[C@H](CO)CC#Cc5cc(O)ccc5[C@@H]3O4)[C@@H]2c2ccc(cc2)[C@](CCC2(O)CCCC2)(N=C(N)N)Oc2ccc1cc2. The minimum Gasteiger partial charge on any atom is -0.508 e. The van der Waals surface area contributed by atoms with Gasteiger partial charge in [-0.15, -0.1) is 0 Å².